The van der Waals surface area contributed by atoms with Gasteiger partial charge < -0.3 is 9.84 Å². The lowest BCUT2D eigenvalue weighted by molar-refractivity contribution is 0.209. The molecule has 1 aromatic rings. The van der Waals surface area contributed by atoms with Gasteiger partial charge in [0.15, 0.2) is 0 Å². The van der Waals surface area contributed by atoms with E-state index in [-0.39, 0.29) is 0 Å². The van der Waals surface area contributed by atoms with Crippen molar-refractivity contribution in [2.45, 2.75) is 0 Å². The van der Waals surface area contributed by atoms with E-state index in [1.807, 2.05) is 0 Å². The molecule has 0 spiro atoms. The number of benzene rings is 1. The standard InChI is InChI=1S/C9H10BrNO3/c10-4-5-14-8-3-1-2-7(6-8)11-9(12)13/h1-3,6,11H,4-5H2,(H,12,13). The molecule has 14 heavy (non-hydrogen) atoms. The van der Waals surface area contributed by atoms with Crippen LogP contribution in [0.4, 0.5) is 10.5 Å². The molecule has 76 valence electrons. The number of ether oxygens (including phenoxy) is 1. The molecule has 0 aliphatic carbocycles. The third kappa shape index (κ3) is 3.66. The Balaban J connectivity index is 2.63. The molecule has 1 aromatic carbocycles. The molecule has 0 unspecified atom stereocenters. The minimum Gasteiger partial charge on any atom is -0.493 e. The minimum absolute atomic E-state index is 0.504. The van der Waals surface area contributed by atoms with Crippen molar-refractivity contribution in [3.63, 3.8) is 0 Å². The summed E-state index contributed by atoms with van der Waals surface area (Å²) in [6.07, 6.45) is -1.08. The summed E-state index contributed by atoms with van der Waals surface area (Å²) in [6, 6.07) is 6.80. The van der Waals surface area contributed by atoms with Gasteiger partial charge in [-0.2, -0.15) is 0 Å². The number of rotatable bonds is 4. The van der Waals surface area contributed by atoms with Gasteiger partial charge in [0.05, 0.1) is 6.61 Å². The van der Waals surface area contributed by atoms with Crippen molar-refractivity contribution in [3.8, 4) is 5.75 Å². The highest BCUT2D eigenvalue weighted by molar-refractivity contribution is 9.09. The molecular formula is C9H10BrNO3. The highest BCUT2D eigenvalue weighted by Gasteiger charge is 1.99. The Hall–Kier alpha value is -1.23. The smallest absolute Gasteiger partial charge is 0.409 e. The molecule has 0 aromatic heterocycles. The second-order valence-electron chi connectivity index (χ2n) is 2.50. The first kappa shape index (κ1) is 10.8. The highest BCUT2D eigenvalue weighted by atomic mass is 79.9. The summed E-state index contributed by atoms with van der Waals surface area (Å²) in [5.41, 5.74) is 0.504. The van der Waals surface area contributed by atoms with Crippen LogP contribution in [0.3, 0.4) is 0 Å². The molecule has 0 bridgehead atoms. The number of halogens is 1. The molecule has 0 saturated carbocycles. The quantitative estimate of drug-likeness (QED) is 0.818. The lowest BCUT2D eigenvalue weighted by Crippen LogP contribution is -2.07. The summed E-state index contributed by atoms with van der Waals surface area (Å²) in [7, 11) is 0. The average molecular weight is 260 g/mol. The first-order chi connectivity index (χ1) is 6.72. The van der Waals surface area contributed by atoms with Crippen molar-refractivity contribution >= 4 is 27.7 Å². The van der Waals surface area contributed by atoms with Crippen LogP contribution in [0, 0.1) is 0 Å². The van der Waals surface area contributed by atoms with Crippen LogP contribution in [0.25, 0.3) is 0 Å². The molecule has 5 heteroatoms. The third-order valence-corrected chi connectivity index (χ3v) is 1.75. The summed E-state index contributed by atoms with van der Waals surface area (Å²) in [6.45, 7) is 0.552. The van der Waals surface area contributed by atoms with Gasteiger partial charge in [-0.3, -0.25) is 5.32 Å². The van der Waals surface area contributed by atoms with E-state index in [0.717, 1.165) is 5.33 Å². The Morgan fingerprint density at radius 1 is 1.57 bits per heavy atom. The van der Waals surface area contributed by atoms with Gasteiger partial charge in [-0.05, 0) is 12.1 Å². The van der Waals surface area contributed by atoms with E-state index in [2.05, 4.69) is 21.2 Å². The van der Waals surface area contributed by atoms with Gasteiger partial charge in [0, 0.05) is 17.1 Å². The predicted octanol–water partition coefficient (Wildman–Crippen LogP) is 2.55. The van der Waals surface area contributed by atoms with Crippen molar-refractivity contribution < 1.29 is 14.6 Å². The fourth-order valence-electron chi connectivity index (χ4n) is 0.944. The maximum atomic E-state index is 10.3. The van der Waals surface area contributed by atoms with E-state index < -0.39 is 6.09 Å². The van der Waals surface area contributed by atoms with Crippen LogP contribution >= 0.6 is 15.9 Å². The number of amides is 1. The van der Waals surface area contributed by atoms with E-state index in [4.69, 9.17) is 9.84 Å². The fourth-order valence-corrected chi connectivity index (χ4v) is 1.11. The largest absolute Gasteiger partial charge is 0.493 e. The Labute approximate surface area is 90.0 Å². The summed E-state index contributed by atoms with van der Waals surface area (Å²) >= 11 is 3.23. The van der Waals surface area contributed by atoms with Crippen LogP contribution in [0.1, 0.15) is 0 Å². The van der Waals surface area contributed by atoms with Gasteiger partial charge in [0.25, 0.3) is 0 Å². The SMILES string of the molecule is O=C(O)Nc1cccc(OCCBr)c1. The number of nitrogens with one attached hydrogen (secondary N) is 1. The van der Waals surface area contributed by atoms with Crippen molar-refractivity contribution in [3.05, 3.63) is 24.3 Å². The second-order valence-corrected chi connectivity index (χ2v) is 3.29. The number of carbonyl (C=O) groups is 1. The molecule has 0 saturated heterocycles. The van der Waals surface area contributed by atoms with Gasteiger partial charge in [-0.25, -0.2) is 4.79 Å². The van der Waals surface area contributed by atoms with Crippen LogP contribution in [-0.2, 0) is 0 Å². The number of hydrogen-bond donors (Lipinski definition) is 2. The van der Waals surface area contributed by atoms with Crippen molar-refractivity contribution in [2.24, 2.45) is 0 Å². The van der Waals surface area contributed by atoms with Crippen LogP contribution in [-0.4, -0.2) is 23.1 Å². The Morgan fingerprint density at radius 3 is 3.00 bits per heavy atom. The molecule has 0 fully saturated rings. The van der Waals surface area contributed by atoms with Crippen molar-refractivity contribution in [2.75, 3.05) is 17.3 Å². The van der Waals surface area contributed by atoms with Crippen LogP contribution in [0.5, 0.6) is 5.75 Å². The molecule has 0 atom stereocenters. The van der Waals surface area contributed by atoms with E-state index in [9.17, 15) is 4.79 Å². The van der Waals surface area contributed by atoms with Crippen LogP contribution < -0.4 is 10.1 Å². The maximum absolute atomic E-state index is 10.3. The summed E-state index contributed by atoms with van der Waals surface area (Å²) < 4.78 is 5.30. The molecule has 1 amide bonds. The lowest BCUT2D eigenvalue weighted by Gasteiger charge is -2.05. The predicted molar refractivity (Wildman–Crippen MR) is 57.4 cm³/mol. The van der Waals surface area contributed by atoms with Crippen LogP contribution in [0.2, 0.25) is 0 Å². The van der Waals surface area contributed by atoms with Crippen molar-refractivity contribution in [1.29, 1.82) is 0 Å². The van der Waals surface area contributed by atoms with Gasteiger partial charge in [-0.1, -0.05) is 22.0 Å². The topological polar surface area (TPSA) is 58.6 Å². The Morgan fingerprint density at radius 2 is 2.36 bits per heavy atom. The third-order valence-electron chi connectivity index (χ3n) is 1.43. The summed E-state index contributed by atoms with van der Waals surface area (Å²) in [5.74, 6) is 0.649. The molecule has 4 nitrogen and oxygen atoms in total. The van der Waals surface area contributed by atoms with E-state index in [1.165, 1.54) is 0 Å². The first-order valence-electron chi connectivity index (χ1n) is 4.01. The number of hydrogen-bond acceptors (Lipinski definition) is 2. The number of alkyl halides is 1. The molecule has 0 heterocycles. The summed E-state index contributed by atoms with van der Waals surface area (Å²) in [4.78, 5) is 10.3. The first-order valence-corrected chi connectivity index (χ1v) is 5.13. The Bertz CT molecular complexity index is 317. The van der Waals surface area contributed by atoms with E-state index in [1.54, 1.807) is 24.3 Å². The molecule has 0 radical (unpaired) electrons. The van der Waals surface area contributed by atoms with Gasteiger partial charge in [-0.15, -0.1) is 0 Å². The zero-order valence-electron chi connectivity index (χ0n) is 7.37. The van der Waals surface area contributed by atoms with Crippen molar-refractivity contribution in [1.82, 2.24) is 0 Å². The Kier molecular flexibility index (Phi) is 4.25. The molecule has 2 N–H and O–H groups in total. The van der Waals surface area contributed by atoms with E-state index >= 15 is 0 Å². The fraction of sp³-hybridized carbons (Fsp3) is 0.222. The van der Waals surface area contributed by atoms with E-state index in [0.29, 0.717) is 18.0 Å². The lowest BCUT2D eigenvalue weighted by atomic mass is 10.3. The number of carboxylic acid groups (broad SMARTS) is 1. The van der Waals surface area contributed by atoms with Crippen LogP contribution in [0.15, 0.2) is 24.3 Å². The second kappa shape index (κ2) is 5.49. The molecular weight excluding hydrogens is 250 g/mol. The van der Waals surface area contributed by atoms with Gasteiger partial charge >= 0.3 is 6.09 Å². The van der Waals surface area contributed by atoms with Gasteiger partial charge in [0.1, 0.15) is 5.75 Å². The molecule has 0 aliphatic heterocycles. The highest BCUT2D eigenvalue weighted by Crippen LogP contribution is 2.17. The zero-order valence-corrected chi connectivity index (χ0v) is 8.95. The summed E-state index contributed by atoms with van der Waals surface area (Å²) in [5, 5.41) is 11.5. The van der Waals surface area contributed by atoms with Gasteiger partial charge in [0.2, 0.25) is 0 Å². The molecule has 1 rings (SSSR count). The zero-order chi connectivity index (χ0) is 10.4. The minimum atomic E-state index is -1.08. The maximum Gasteiger partial charge on any atom is 0.409 e. The number of anilines is 1. The molecule has 0 aliphatic rings. The normalized spacial score (nSPS) is 9.50. The monoisotopic (exact) mass is 259 g/mol. The average Bonchev–Trinajstić information content (AvgIpc) is 2.14.